The second kappa shape index (κ2) is 9.35. The van der Waals surface area contributed by atoms with E-state index >= 15 is 0 Å². The minimum absolute atomic E-state index is 0.223. The van der Waals surface area contributed by atoms with Crippen LogP contribution in [0.25, 0.3) is 0 Å². The number of hydrogen-bond acceptors (Lipinski definition) is 4. The lowest BCUT2D eigenvalue weighted by molar-refractivity contribution is -0.0971. The predicted molar refractivity (Wildman–Crippen MR) is 99.6 cm³/mol. The van der Waals surface area contributed by atoms with E-state index in [-0.39, 0.29) is 4.90 Å². The van der Waals surface area contributed by atoms with Crippen LogP contribution in [-0.4, -0.2) is 34.0 Å². The van der Waals surface area contributed by atoms with Crippen molar-refractivity contribution in [3.05, 3.63) is 29.8 Å². The van der Waals surface area contributed by atoms with Crippen molar-refractivity contribution >= 4 is 10.0 Å². The Balaban J connectivity index is 3.06. The molecular weight excluding hydrogens is 338 g/mol. The van der Waals surface area contributed by atoms with Crippen LogP contribution in [0.1, 0.15) is 40.2 Å². The van der Waals surface area contributed by atoms with Crippen molar-refractivity contribution in [2.45, 2.75) is 58.8 Å². The van der Waals surface area contributed by atoms with Crippen LogP contribution in [0.2, 0.25) is 0 Å². The average molecular weight is 368 g/mol. The fourth-order valence-corrected chi connectivity index (χ4v) is 3.30. The largest absolute Gasteiger partial charge is 0.342 e. The molecule has 0 aliphatic heterocycles. The van der Waals surface area contributed by atoms with E-state index in [1.165, 1.54) is 0 Å². The smallest absolute Gasteiger partial charge is 0.241 e. The molecule has 1 atom stereocenters. The predicted octanol–water partition coefficient (Wildman–Crippen LogP) is 3.09. The van der Waals surface area contributed by atoms with Gasteiger partial charge in [0.1, 0.15) is 0 Å². The Bertz CT molecular complexity index is 688. The summed E-state index contributed by atoms with van der Waals surface area (Å²) in [5, 5.41) is 0. The average Bonchev–Trinajstić information content (AvgIpc) is 2.51. The Labute approximate surface area is 152 Å². The molecule has 1 aromatic rings. The van der Waals surface area contributed by atoms with Crippen molar-refractivity contribution in [3.8, 4) is 11.8 Å². The molecule has 25 heavy (non-hydrogen) atoms. The van der Waals surface area contributed by atoms with Crippen molar-refractivity contribution in [2.75, 3.05) is 13.2 Å². The van der Waals surface area contributed by atoms with Gasteiger partial charge < -0.3 is 9.47 Å². The number of rotatable bonds is 7. The van der Waals surface area contributed by atoms with Crippen LogP contribution < -0.4 is 4.72 Å². The second-order valence-electron chi connectivity index (χ2n) is 6.76. The van der Waals surface area contributed by atoms with Gasteiger partial charge in [-0.25, -0.2) is 8.42 Å². The first-order valence-corrected chi connectivity index (χ1v) is 9.91. The Morgan fingerprint density at radius 1 is 1.04 bits per heavy atom. The van der Waals surface area contributed by atoms with Crippen LogP contribution >= 0.6 is 0 Å². The van der Waals surface area contributed by atoms with Crippen molar-refractivity contribution in [1.29, 1.82) is 0 Å². The van der Waals surface area contributed by atoms with Gasteiger partial charge in [0.15, 0.2) is 0 Å². The number of benzene rings is 1. The van der Waals surface area contributed by atoms with E-state index in [1.54, 1.807) is 24.3 Å². The highest BCUT2D eigenvalue weighted by Crippen LogP contribution is 2.21. The topological polar surface area (TPSA) is 64.6 Å². The van der Waals surface area contributed by atoms with E-state index in [4.69, 9.17) is 9.47 Å². The van der Waals surface area contributed by atoms with Gasteiger partial charge in [-0.15, -0.1) is 0 Å². The quantitative estimate of drug-likeness (QED) is 0.594. The molecule has 0 amide bonds. The maximum absolute atomic E-state index is 12.7. The summed E-state index contributed by atoms with van der Waals surface area (Å²) < 4.78 is 38.8. The minimum Gasteiger partial charge on any atom is -0.342 e. The Hall–Kier alpha value is -1.39. The Morgan fingerprint density at radius 3 is 2.00 bits per heavy atom. The lowest BCUT2D eigenvalue weighted by Gasteiger charge is -2.27. The molecule has 1 unspecified atom stereocenters. The van der Waals surface area contributed by atoms with Gasteiger partial charge in [-0.1, -0.05) is 44.4 Å². The van der Waals surface area contributed by atoms with Crippen LogP contribution in [0.3, 0.4) is 0 Å². The molecule has 0 saturated carbocycles. The molecule has 6 heteroatoms. The van der Waals surface area contributed by atoms with Crippen molar-refractivity contribution in [3.63, 3.8) is 0 Å². The summed E-state index contributed by atoms with van der Waals surface area (Å²) in [4.78, 5) is 0.223. The first-order chi connectivity index (χ1) is 11.6. The molecule has 0 radical (unpaired) electrons. The molecule has 0 aromatic heterocycles. The maximum Gasteiger partial charge on any atom is 0.241 e. The fourth-order valence-electron chi connectivity index (χ4n) is 1.95. The van der Waals surface area contributed by atoms with E-state index in [1.807, 2.05) is 41.5 Å². The first-order valence-electron chi connectivity index (χ1n) is 8.43. The molecule has 1 aromatic carbocycles. The van der Waals surface area contributed by atoms with Crippen molar-refractivity contribution in [1.82, 2.24) is 4.72 Å². The van der Waals surface area contributed by atoms with Crippen molar-refractivity contribution < 1.29 is 17.9 Å². The molecular formula is C19H29NO4S. The summed E-state index contributed by atoms with van der Waals surface area (Å²) in [6, 6.07) is 6.14. The fraction of sp³-hybridized carbons (Fsp3) is 0.579. The van der Waals surface area contributed by atoms with Gasteiger partial charge in [0.25, 0.3) is 0 Å². The zero-order chi connectivity index (χ0) is 19.1. The number of ether oxygens (including phenoxy) is 2. The van der Waals surface area contributed by atoms with E-state index < -0.39 is 27.8 Å². The van der Waals surface area contributed by atoms with Crippen LogP contribution in [0, 0.1) is 24.2 Å². The normalized spacial score (nSPS) is 13.4. The third-order valence-electron chi connectivity index (χ3n) is 3.45. The number of nitrogens with one attached hydrogen (secondary N) is 1. The standard InChI is InChI=1S/C19H29NO4S/c1-7-23-18(24-8-2)14-13-17(19(4,5)6)20-25(21,22)16-11-9-15(3)10-12-16/h9-12,17-18,20H,7-8H2,1-6H3. The summed E-state index contributed by atoms with van der Waals surface area (Å²) in [5.74, 6) is 5.87. The number of hydrogen-bond donors (Lipinski definition) is 1. The van der Waals surface area contributed by atoms with E-state index in [0.29, 0.717) is 13.2 Å². The molecule has 0 aliphatic carbocycles. The second-order valence-corrected chi connectivity index (χ2v) is 8.48. The third kappa shape index (κ3) is 7.17. The van der Waals surface area contributed by atoms with Gasteiger partial charge >= 0.3 is 0 Å². The molecule has 0 heterocycles. The highest BCUT2D eigenvalue weighted by Gasteiger charge is 2.28. The molecule has 140 valence electrons. The minimum atomic E-state index is -3.67. The van der Waals surface area contributed by atoms with Crippen LogP contribution in [0.5, 0.6) is 0 Å². The van der Waals surface area contributed by atoms with E-state index in [2.05, 4.69) is 16.6 Å². The zero-order valence-electron chi connectivity index (χ0n) is 15.9. The summed E-state index contributed by atoms with van der Waals surface area (Å²) in [5.41, 5.74) is 0.607. The molecule has 0 spiro atoms. The Kier molecular flexibility index (Phi) is 8.10. The zero-order valence-corrected chi connectivity index (χ0v) is 16.7. The van der Waals surface area contributed by atoms with Crippen LogP contribution in [0.15, 0.2) is 29.2 Å². The summed E-state index contributed by atoms with van der Waals surface area (Å²) in [7, 11) is -3.67. The van der Waals surface area contributed by atoms with Gasteiger partial charge in [-0.05, 0) is 44.2 Å². The molecule has 5 nitrogen and oxygen atoms in total. The highest BCUT2D eigenvalue weighted by molar-refractivity contribution is 7.89. The molecule has 0 bridgehead atoms. The molecule has 0 aliphatic rings. The molecule has 0 saturated heterocycles. The van der Waals surface area contributed by atoms with Gasteiger partial charge in [0.2, 0.25) is 16.3 Å². The van der Waals surface area contributed by atoms with Gasteiger partial charge in [0.05, 0.1) is 10.9 Å². The Morgan fingerprint density at radius 2 is 1.56 bits per heavy atom. The van der Waals surface area contributed by atoms with Crippen LogP contribution in [-0.2, 0) is 19.5 Å². The summed E-state index contributed by atoms with van der Waals surface area (Å²) >= 11 is 0. The summed E-state index contributed by atoms with van der Waals surface area (Å²) in [6.45, 7) is 12.4. The van der Waals surface area contributed by atoms with Gasteiger partial charge in [-0.2, -0.15) is 4.72 Å². The number of aryl methyl sites for hydroxylation is 1. The molecule has 1 rings (SSSR count). The molecule has 1 N–H and O–H groups in total. The van der Waals surface area contributed by atoms with E-state index in [9.17, 15) is 8.42 Å². The summed E-state index contributed by atoms with van der Waals surface area (Å²) in [6.07, 6.45) is -0.663. The maximum atomic E-state index is 12.7. The lowest BCUT2D eigenvalue weighted by Crippen LogP contribution is -2.42. The van der Waals surface area contributed by atoms with Gasteiger partial charge in [0, 0.05) is 13.2 Å². The highest BCUT2D eigenvalue weighted by atomic mass is 32.2. The first kappa shape index (κ1) is 21.7. The lowest BCUT2D eigenvalue weighted by atomic mass is 9.88. The third-order valence-corrected chi connectivity index (χ3v) is 4.89. The monoisotopic (exact) mass is 367 g/mol. The molecule has 0 fully saturated rings. The van der Waals surface area contributed by atoms with E-state index in [0.717, 1.165) is 5.56 Å². The van der Waals surface area contributed by atoms with Gasteiger partial charge in [-0.3, -0.25) is 0 Å². The van der Waals surface area contributed by atoms with Crippen LogP contribution in [0.4, 0.5) is 0 Å². The number of sulfonamides is 1. The van der Waals surface area contributed by atoms with Crippen molar-refractivity contribution in [2.24, 2.45) is 5.41 Å². The SMILES string of the molecule is CCOC(C#CC(NS(=O)(=O)c1ccc(C)cc1)C(C)(C)C)OCC.